The Morgan fingerprint density at radius 1 is 1.11 bits per heavy atom. The van der Waals surface area contributed by atoms with Gasteiger partial charge in [-0.25, -0.2) is 4.79 Å². The molecule has 0 aliphatic carbocycles. The highest BCUT2D eigenvalue weighted by atomic mass is 79.9. The monoisotopic (exact) mass is 453 g/mol. The Hall–Kier alpha value is -2.09. The van der Waals surface area contributed by atoms with Crippen LogP contribution in [0.3, 0.4) is 0 Å². The number of carbonyl (C=O) groups excluding carboxylic acids is 3. The maximum Gasteiger partial charge on any atom is 0.407 e. The van der Waals surface area contributed by atoms with Crippen LogP contribution < -0.4 is 5.32 Å². The third-order valence-electron chi connectivity index (χ3n) is 4.21. The van der Waals surface area contributed by atoms with E-state index in [1.165, 1.54) is 0 Å². The van der Waals surface area contributed by atoms with Gasteiger partial charge >= 0.3 is 6.09 Å². The van der Waals surface area contributed by atoms with Gasteiger partial charge in [-0.05, 0) is 45.4 Å². The van der Waals surface area contributed by atoms with Crippen LogP contribution in [-0.4, -0.2) is 66.0 Å². The SMILES string of the molecule is CC(C)(C)OC(=O)NCCC(=O)N1CCCN(C(=O)c2cccc(Br)c2)CC1. The Bertz CT molecular complexity index is 718. The average Bonchev–Trinajstić information content (AvgIpc) is 2.85. The molecule has 1 N–H and O–H groups in total. The summed E-state index contributed by atoms with van der Waals surface area (Å²) >= 11 is 3.39. The molecule has 1 saturated heterocycles. The highest BCUT2D eigenvalue weighted by Crippen LogP contribution is 2.15. The number of halogens is 1. The fraction of sp³-hybridized carbons (Fsp3) is 0.550. The Morgan fingerprint density at radius 2 is 1.79 bits per heavy atom. The molecule has 1 heterocycles. The minimum Gasteiger partial charge on any atom is -0.444 e. The largest absolute Gasteiger partial charge is 0.444 e. The van der Waals surface area contributed by atoms with Crippen LogP contribution in [0, 0.1) is 0 Å². The van der Waals surface area contributed by atoms with E-state index in [9.17, 15) is 14.4 Å². The van der Waals surface area contributed by atoms with Gasteiger partial charge in [-0.15, -0.1) is 0 Å². The van der Waals surface area contributed by atoms with Crippen LogP contribution in [0.5, 0.6) is 0 Å². The summed E-state index contributed by atoms with van der Waals surface area (Å²) in [5.41, 5.74) is 0.0687. The van der Waals surface area contributed by atoms with Crippen molar-refractivity contribution in [2.24, 2.45) is 0 Å². The fourth-order valence-electron chi connectivity index (χ4n) is 2.92. The van der Waals surface area contributed by atoms with E-state index in [0.717, 1.165) is 10.9 Å². The Kier molecular flexibility index (Phi) is 7.86. The first-order valence-corrected chi connectivity index (χ1v) is 10.2. The van der Waals surface area contributed by atoms with E-state index < -0.39 is 11.7 Å². The van der Waals surface area contributed by atoms with Gasteiger partial charge in [0.25, 0.3) is 5.91 Å². The van der Waals surface area contributed by atoms with Crippen molar-refractivity contribution in [2.45, 2.75) is 39.2 Å². The number of alkyl carbamates (subject to hydrolysis) is 1. The van der Waals surface area contributed by atoms with Crippen molar-refractivity contribution in [1.82, 2.24) is 15.1 Å². The van der Waals surface area contributed by atoms with E-state index in [2.05, 4.69) is 21.2 Å². The number of benzene rings is 1. The summed E-state index contributed by atoms with van der Waals surface area (Å²) in [7, 11) is 0. The summed E-state index contributed by atoms with van der Waals surface area (Å²) in [5, 5.41) is 2.60. The van der Waals surface area contributed by atoms with Crippen LogP contribution >= 0.6 is 15.9 Å². The molecule has 1 aliphatic rings. The Balaban J connectivity index is 1.80. The molecule has 0 radical (unpaired) electrons. The third-order valence-corrected chi connectivity index (χ3v) is 4.71. The highest BCUT2D eigenvalue weighted by Gasteiger charge is 2.23. The maximum absolute atomic E-state index is 12.7. The van der Waals surface area contributed by atoms with Gasteiger partial charge in [-0.3, -0.25) is 9.59 Å². The molecule has 2 rings (SSSR count). The molecule has 1 fully saturated rings. The van der Waals surface area contributed by atoms with Gasteiger partial charge in [0.2, 0.25) is 5.91 Å². The number of carbonyl (C=O) groups is 3. The van der Waals surface area contributed by atoms with Gasteiger partial charge in [0, 0.05) is 49.2 Å². The van der Waals surface area contributed by atoms with Crippen LogP contribution in [0.1, 0.15) is 44.0 Å². The number of amides is 3. The lowest BCUT2D eigenvalue weighted by atomic mass is 10.2. The first-order chi connectivity index (χ1) is 13.2. The molecular weight excluding hydrogens is 426 g/mol. The van der Waals surface area contributed by atoms with Gasteiger partial charge in [-0.2, -0.15) is 0 Å². The zero-order valence-corrected chi connectivity index (χ0v) is 18.3. The molecule has 1 aliphatic heterocycles. The fourth-order valence-corrected chi connectivity index (χ4v) is 3.32. The molecule has 0 bridgehead atoms. The van der Waals surface area contributed by atoms with Crippen molar-refractivity contribution in [3.63, 3.8) is 0 Å². The van der Waals surface area contributed by atoms with Gasteiger partial charge in [0.15, 0.2) is 0 Å². The minimum atomic E-state index is -0.566. The first-order valence-electron chi connectivity index (χ1n) is 9.45. The molecule has 0 atom stereocenters. The van der Waals surface area contributed by atoms with Crippen LogP contribution in [0.2, 0.25) is 0 Å². The van der Waals surface area contributed by atoms with E-state index in [1.807, 2.05) is 12.1 Å². The molecule has 0 aromatic heterocycles. The predicted octanol–water partition coefficient (Wildman–Crippen LogP) is 3.04. The normalized spacial score (nSPS) is 15.0. The molecule has 8 heteroatoms. The summed E-state index contributed by atoms with van der Waals surface area (Å²) in [4.78, 5) is 40.3. The van der Waals surface area contributed by atoms with Gasteiger partial charge < -0.3 is 19.9 Å². The number of rotatable bonds is 4. The van der Waals surface area contributed by atoms with Crippen molar-refractivity contribution >= 4 is 33.8 Å². The molecule has 1 aromatic carbocycles. The second-order valence-electron chi connectivity index (χ2n) is 7.72. The molecule has 7 nitrogen and oxygen atoms in total. The molecular formula is C20H28BrN3O4. The number of nitrogens with one attached hydrogen (secondary N) is 1. The van der Waals surface area contributed by atoms with E-state index in [-0.39, 0.29) is 24.8 Å². The smallest absolute Gasteiger partial charge is 0.407 e. The molecule has 3 amide bonds. The summed E-state index contributed by atoms with van der Waals surface area (Å²) < 4.78 is 6.02. The van der Waals surface area contributed by atoms with E-state index in [1.54, 1.807) is 42.7 Å². The topological polar surface area (TPSA) is 79.0 Å². The zero-order valence-electron chi connectivity index (χ0n) is 16.7. The summed E-state index contributed by atoms with van der Waals surface area (Å²) in [6.45, 7) is 7.80. The molecule has 0 spiro atoms. The lowest BCUT2D eigenvalue weighted by Gasteiger charge is -2.23. The van der Waals surface area contributed by atoms with Crippen LogP contribution in [0.25, 0.3) is 0 Å². The minimum absolute atomic E-state index is 0.0257. The number of hydrogen-bond acceptors (Lipinski definition) is 4. The molecule has 1 aromatic rings. The molecule has 0 saturated carbocycles. The van der Waals surface area contributed by atoms with E-state index in [4.69, 9.17) is 4.74 Å². The number of ether oxygens (including phenoxy) is 1. The average molecular weight is 454 g/mol. The van der Waals surface area contributed by atoms with E-state index in [0.29, 0.717) is 31.7 Å². The summed E-state index contributed by atoms with van der Waals surface area (Å²) in [5.74, 6) is -0.0602. The van der Waals surface area contributed by atoms with Gasteiger partial charge in [-0.1, -0.05) is 22.0 Å². The van der Waals surface area contributed by atoms with Crippen molar-refractivity contribution in [3.8, 4) is 0 Å². The predicted molar refractivity (Wildman–Crippen MR) is 110 cm³/mol. The van der Waals surface area contributed by atoms with Crippen molar-refractivity contribution in [1.29, 1.82) is 0 Å². The van der Waals surface area contributed by atoms with Crippen LogP contribution in [-0.2, 0) is 9.53 Å². The number of hydrogen-bond donors (Lipinski definition) is 1. The highest BCUT2D eigenvalue weighted by molar-refractivity contribution is 9.10. The quantitative estimate of drug-likeness (QED) is 0.759. The lowest BCUT2D eigenvalue weighted by molar-refractivity contribution is -0.130. The molecule has 28 heavy (non-hydrogen) atoms. The second-order valence-corrected chi connectivity index (χ2v) is 8.63. The standard InChI is InChI=1S/C20H28BrN3O4/c1-20(2,3)28-19(27)22-9-8-17(25)23-10-5-11-24(13-12-23)18(26)15-6-4-7-16(21)14-15/h4,6-7,14H,5,8-13H2,1-3H3,(H,22,27). The van der Waals surface area contributed by atoms with Crippen molar-refractivity contribution in [2.75, 3.05) is 32.7 Å². The van der Waals surface area contributed by atoms with Crippen LogP contribution in [0.4, 0.5) is 4.79 Å². The van der Waals surface area contributed by atoms with Crippen molar-refractivity contribution in [3.05, 3.63) is 34.3 Å². The van der Waals surface area contributed by atoms with Crippen LogP contribution in [0.15, 0.2) is 28.7 Å². The molecule has 0 unspecified atom stereocenters. The maximum atomic E-state index is 12.7. The number of nitrogens with zero attached hydrogens (tertiary/aromatic N) is 2. The summed E-state index contributed by atoms with van der Waals surface area (Å²) in [6.07, 6.45) is 0.408. The third kappa shape index (κ3) is 7.14. The Morgan fingerprint density at radius 3 is 2.46 bits per heavy atom. The van der Waals surface area contributed by atoms with Gasteiger partial charge in [0.1, 0.15) is 5.60 Å². The van der Waals surface area contributed by atoms with E-state index >= 15 is 0 Å². The Labute approximate surface area is 174 Å². The molecule has 154 valence electrons. The van der Waals surface area contributed by atoms with Crippen molar-refractivity contribution < 1.29 is 19.1 Å². The zero-order chi connectivity index (χ0) is 20.7. The van der Waals surface area contributed by atoms with Gasteiger partial charge in [0.05, 0.1) is 0 Å². The second kappa shape index (κ2) is 9.91. The first kappa shape index (κ1) is 22.2. The summed E-state index contributed by atoms with van der Waals surface area (Å²) in [6, 6.07) is 7.31. The lowest BCUT2D eigenvalue weighted by Crippen LogP contribution is -2.39.